The molecule has 0 unspecified atom stereocenters. The van der Waals surface area contributed by atoms with Gasteiger partial charge in [0.1, 0.15) is 5.75 Å². The van der Waals surface area contributed by atoms with E-state index in [-0.39, 0.29) is 17.4 Å². The van der Waals surface area contributed by atoms with Gasteiger partial charge in [0.25, 0.3) is 0 Å². The summed E-state index contributed by atoms with van der Waals surface area (Å²) in [5.74, 6) is -0.122. The lowest BCUT2D eigenvalue weighted by atomic mass is 10.3. The molecule has 0 saturated carbocycles. The van der Waals surface area contributed by atoms with Crippen LogP contribution in [-0.2, 0) is 11.3 Å². The Morgan fingerprint density at radius 3 is 2.81 bits per heavy atom. The van der Waals surface area contributed by atoms with Gasteiger partial charge in [-0.2, -0.15) is 8.78 Å². The third-order valence-corrected chi connectivity index (χ3v) is 4.90. The first-order valence-electron chi connectivity index (χ1n) is 7.36. The first kappa shape index (κ1) is 18.3. The molecule has 11 heteroatoms. The molecule has 0 aliphatic carbocycles. The number of tetrazole rings is 1. The quantitative estimate of drug-likeness (QED) is 0.588. The number of amides is 1. The van der Waals surface area contributed by atoms with Crippen molar-refractivity contribution in [3.05, 3.63) is 46.7 Å². The monoisotopic (exact) mass is 397 g/mol. The Bertz CT molecular complexity index is 840. The van der Waals surface area contributed by atoms with Crippen molar-refractivity contribution in [2.75, 3.05) is 11.1 Å². The Labute approximate surface area is 155 Å². The molecule has 3 aromatic rings. The molecule has 0 saturated heterocycles. The largest absolute Gasteiger partial charge is 0.435 e. The smallest absolute Gasteiger partial charge is 0.387 e. The fourth-order valence-corrected chi connectivity index (χ4v) is 3.36. The third-order valence-electron chi connectivity index (χ3n) is 3.08. The Morgan fingerprint density at radius 2 is 2.12 bits per heavy atom. The summed E-state index contributed by atoms with van der Waals surface area (Å²) in [5, 5.41) is 16.7. The lowest BCUT2D eigenvalue weighted by Gasteiger charge is -2.07. The van der Waals surface area contributed by atoms with Crippen LogP contribution in [0.4, 0.5) is 14.5 Å². The topological polar surface area (TPSA) is 81.9 Å². The van der Waals surface area contributed by atoms with Crippen LogP contribution in [0.3, 0.4) is 0 Å². The van der Waals surface area contributed by atoms with Crippen molar-refractivity contribution in [1.82, 2.24) is 20.2 Å². The van der Waals surface area contributed by atoms with E-state index in [1.54, 1.807) is 16.0 Å². The van der Waals surface area contributed by atoms with Crippen LogP contribution < -0.4 is 10.1 Å². The van der Waals surface area contributed by atoms with Gasteiger partial charge < -0.3 is 10.1 Å². The second-order valence-electron chi connectivity index (χ2n) is 4.94. The van der Waals surface area contributed by atoms with Crippen molar-refractivity contribution in [3.8, 4) is 5.75 Å². The molecule has 3 rings (SSSR count). The van der Waals surface area contributed by atoms with Crippen LogP contribution in [0.5, 0.6) is 5.75 Å². The van der Waals surface area contributed by atoms with E-state index in [1.165, 1.54) is 36.0 Å². The molecule has 136 valence electrons. The maximum absolute atomic E-state index is 12.1. The highest BCUT2D eigenvalue weighted by molar-refractivity contribution is 7.99. The first-order chi connectivity index (χ1) is 12.6. The summed E-state index contributed by atoms with van der Waals surface area (Å²) in [5.41, 5.74) is 0.482. The van der Waals surface area contributed by atoms with Crippen LogP contribution in [0, 0.1) is 0 Å². The summed E-state index contributed by atoms with van der Waals surface area (Å²) in [7, 11) is 0. The van der Waals surface area contributed by atoms with Gasteiger partial charge >= 0.3 is 6.61 Å². The molecule has 0 atom stereocenters. The van der Waals surface area contributed by atoms with Crippen molar-refractivity contribution < 1.29 is 18.3 Å². The van der Waals surface area contributed by atoms with Crippen LogP contribution in [0.1, 0.15) is 4.88 Å². The lowest BCUT2D eigenvalue weighted by Crippen LogP contribution is -2.15. The number of benzene rings is 1. The zero-order chi connectivity index (χ0) is 18.4. The van der Waals surface area contributed by atoms with Crippen molar-refractivity contribution in [2.24, 2.45) is 0 Å². The highest BCUT2D eigenvalue weighted by Crippen LogP contribution is 2.20. The summed E-state index contributed by atoms with van der Waals surface area (Å²) in [6.07, 6.45) is 0. The normalized spacial score (nSPS) is 10.9. The number of thiophene rings is 1. The third kappa shape index (κ3) is 5.23. The highest BCUT2D eigenvalue weighted by atomic mass is 32.2. The van der Waals surface area contributed by atoms with E-state index in [2.05, 4.69) is 25.6 Å². The zero-order valence-electron chi connectivity index (χ0n) is 13.2. The van der Waals surface area contributed by atoms with Gasteiger partial charge in [-0.25, -0.2) is 4.68 Å². The minimum Gasteiger partial charge on any atom is -0.435 e. The molecule has 2 heterocycles. The minimum atomic E-state index is -2.88. The number of nitrogens with zero attached hydrogens (tertiary/aromatic N) is 4. The summed E-state index contributed by atoms with van der Waals surface area (Å²) in [6, 6.07) is 9.62. The predicted molar refractivity (Wildman–Crippen MR) is 93.7 cm³/mol. The molecule has 0 radical (unpaired) electrons. The number of alkyl halides is 2. The number of hydrogen-bond acceptors (Lipinski definition) is 7. The van der Waals surface area contributed by atoms with Crippen LogP contribution in [-0.4, -0.2) is 38.5 Å². The maximum Gasteiger partial charge on any atom is 0.387 e. The van der Waals surface area contributed by atoms with Gasteiger partial charge in [0.2, 0.25) is 11.1 Å². The van der Waals surface area contributed by atoms with E-state index in [0.717, 1.165) is 4.88 Å². The van der Waals surface area contributed by atoms with Gasteiger partial charge in [-0.15, -0.1) is 16.4 Å². The number of anilines is 1. The molecule has 0 fully saturated rings. The molecular formula is C15H13F2N5O2S2. The van der Waals surface area contributed by atoms with Gasteiger partial charge in [0, 0.05) is 10.6 Å². The number of carbonyl (C=O) groups is 1. The van der Waals surface area contributed by atoms with E-state index in [1.807, 2.05) is 17.5 Å². The van der Waals surface area contributed by atoms with Gasteiger partial charge in [-0.3, -0.25) is 4.79 Å². The molecule has 0 aliphatic rings. The van der Waals surface area contributed by atoms with E-state index >= 15 is 0 Å². The van der Waals surface area contributed by atoms with E-state index in [4.69, 9.17) is 0 Å². The number of nitrogens with one attached hydrogen (secondary N) is 1. The molecule has 0 bridgehead atoms. The zero-order valence-corrected chi connectivity index (χ0v) is 14.8. The second-order valence-corrected chi connectivity index (χ2v) is 6.91. The maximum atomic E-state index is 12.1. The van der Waals surface area contributed by atoms with Crippen molar-refractivity contribution in [2.45, 2.75) is 18.3 Å². The van der Waals surface area contributed by atoms with Gasteiger partial charge in [-0.1, -0.05) is 17.8 Å². The van der Waals surface area contributed by atoms with Crippen LogP contribution in [0.25, 0.3) is 0 Å². The van der Waals surface area contributed by atoms with Gasteiger partial charge in [-0.05, 0) is 46.1 Å². The van der Waals surface area contributed by atoms with Crippen LogP contribution >= 0.6 is 23.1 Å². The molecule has 1 amide bonds. The van der Waals surface area contributed by atoms with Crippen molar-refractivity contribution in [3.63, 3.8) is 0 Å². The fraction of sp³-hybridized carbons (Fsp3) is 0.200. The Morgan fingerprint density at radius 1 is 1.31 bits per heavy atom. The number of carbonyl (C=O) groups excluding carboxylic acids is 1. The Kier molecular flexibility index (Phi) is 6.12. The van der Waals surface area contributed by atoms with Gasteiger partial charge in [0.15, 0.2) is 0 Å². The molecule has 1 N–H and O–H groups in total. The summed E-state index contributed by atoms with van der Waals surface area (Å²) < 4.78 is 30.1. The average molecular weight is 397 g/mol. The molecule has 26 heavy (non-hydrogen) atoms. The van der Waals surface area contributed by atoms with Crippen LogP contribution in [0.2, 0.25) is 0 Å². The minimum absolute atomic E-state index is 0.0279. The van der Waals surface area contributed by atoms with Gasteiger partial charge in [0.05, 0.1) is 12.3 Å². The van der Waals surface area contributed by atoms with E-state index < -0.39 is 6.61 Å². The summed E-state index contributed by atoms with van der Waals surface area (Å²) in [4.78, 5) is 13.1. The van der Waals surface area contributed by atoms with E-state index in [0.29, 0.717) is 17.4 Å². The van der Waals surface area contributed by atoms with Crippen molar-refractivity contribution in [1.29, 1.82) is 0 Å². The predicted octanol–water partition coefficient (Wildman–Crippen LogP) is 3.12. The van der Waals surface area contributed by atoms with Crippen molar-refractivity contribution >= 4 is 34.7 Å². The highest BCUT2D eigenvalue weighted by Gasteiger charge is 2.11. The SMILES string of the molecule is O=C(CSc1nnnn1Cc1cccs1)Nc1ccc(OC(F)F)cc1. The summed E-state index contributed by atoms with van der Waals surface area (Å²) >= 11 is 2.81. The molecule has 0 aliphatic heterocycles. The van der Waals surface area contributed by atoms with Crippen LogP contribution in [0.15, 0.2) is 46.9 Å². The lowest BCUT2D eigenvalue weighted by molar-refractivity contribution is -0.113. The molecule has 0 spiro atoms. The van der Waals surface area contributed by atoms with E-state index in [9.17, 15) is 13.6 Å². The number of thioether (sulfide) groups is 1. The number of hydrogen-bond donors (Lipinski definition) is 1. The second kappa shape index (κ2) is 8.72. The number of rotatable bonds is 8. The summed E-state index contributed by atoms with van der Waals surface area (Å²) in [6.45, 7) is -2.34. The number of ether oxygens (including phenoxy) is 1. The number of halogens is 2. The standard InChI is InChI=1S/C15H13F2N5O2S2/c16-14(17)24-11-5-3-10(4-6-11)18-13(23)9-26-15-19-20-21-22(15)8-12-2-1-7-25-12/h1-7,14H,8-9H2,(H,18,23). The average Bonchev–Trinajstić information content (AvgIpc) is 3.27. The molecule has 1 aromatic carbocycles. The molecule has 7 nitrogen and oxygen atoms in total. The Balaban J connectivity index is 1.51. The Hall–Kier alpha value is -2.53. The molecule has 2 aromatic heterocycles. The molecular weight excluding hydrogens is 384 g/mol. The first-order valence-corrected chi connectivity index (χ1v) is 9.23. The fourth-order valence-electron chi connectivity index (χ4n) is 2.00. The number of aromatic nitrogens is 4.